The molecule has 3 rings (SSSR count). The number of hydrogen-bond donors (Lipinski definition) is 0. The van der Waals surface area contributed by atoms with Gasteiger partial charge in [-0.2, -0.15) is 0 Å². The van der Waals surface area contributed by atoms with Crippen molar-refractivity contribution in [3.63, 3.8) is 0 Å². The zero-order valence-corrected chi connectivity index (χ0v) is 14.1. The largest absolute Gasteiger partial charge is 0.256 e. The Morgan fingerprint density at radius 2 is 1.17 bits per heavy atom. The Bertz CT molecular complexity index is 801. The van der Waals surface area contributed by atoms with Gasteiger partial charge in [0.25, 0.3) is 0 Å². The third kappa shape index (κ3) is 4.76. The molecule has 0 N–H and O–H groups in total. The highest BCUT2D eigenvalue weighted by molar-refractivity contribution is 9.10. The van der Waals surface area contributed by atoms with Gasteiger partial charge in [-0.15, -0.1) is 0 Å². The predicted molar refractivity (Wildman–Crippen MR) is 103 cm³/mol. The highest BCUT2D eigenvalue weighted by atomic mass is 79.9. The van der Waals surface area contributed by atoms with Crippen LogP contribution in [0.1, 0.15) is 16.7 Å². The molecule has 0 spiro atoms. The van der Waals surface area contributed by atoms with E-state index in [9.17, 15) is 0 Å². The fourth-order valence-electron chi connectivity index (χ4n) is 2.13. The van der Waals surface area contributed by atoms with Crippen molar-refractivity contribution >= 4 is 40.0 Å². The average Bonchev–Trinajstić information content (AvgIpc) is 2.61. The Kier molecular flexibility index (Phi) is 5.17. The summed E-state index contributed by atoms with van der Waals surface area (Å²) in [6.45, 7) is 0. The minimum Gasteiger partial charge on any atom is -0.256 e. The molecule has 0 bridgehead atoms. The second-order valence-corrected chi connectivity index (χ2v) is 6.06. The van der Waals surface area contributed by atoms with Crippen LogP contribution in [0.25, 0.3) is 12.2 Å². The molecule has 1 nitrogen and oxygen atoms in total. The molecule has 0 aliphatic carbocycles. The van der Waals surface area contributed by atoms with Gasteiger partial charge >= 0.3 is 0 Å². The number of aliphatic imine (C=N–C) groups is 1. The summed E-state index contributed by atoms with van der Waals surface area (Å²) < 4.78 is 1.07. The lowest BCUT2D eigenvalue weighted by atomic mass is 10.1. The van der Waals surface area contributed by atoms with Gasteiger partial charge in [0.1, 0.15) is 0 Å². The summed E-state index contributed by atoms with van der Waals surface area (Å²) >= 11 is 3.43. The standard InChI is InChI=1S/C21H16BrN/c22-20-12-8-19(9-13-20)16-23-21-14-10-18(11-15-21)7-6-17-4-2-1-3-5-17/h1-16H. The molecule has 0 heterocycles. The summed E-state index contributed by atoms with van der Waals surface area (Å²) in [7, 11) is 0. The van der Waals surface area contributed by atoms with Crippen molar-refractivity contribution in [1.82, 2.24) is 0 Å². The first-order valence-electron chi connectivity index (χ1n) is 7.42. The van der Waals surface area contributed by atoms with E-state index in [2.05, 4.69) is 57.3 Å². The van der Waals surface area contributed by atoms with E-state index in [1.54, 1.807) is 0 Å². The van der Waals surface area contributed by atoms with Crippen LogP contribution in [-0.2, 0) is 0 Å². The zero-order chi connectivity index (χ0) is 15.9. The minimum absolute atomic E-state index is 0.949. The first kappa shape index (κ1) is 15.4. The molecular weight excluding hydrogens is 346 g/mol. The SMILES string of the molecule is Brc1ccc(C=Nc2ccc(C=Cc3ccccc3)cc2)cc1. The number of benzene rings is 3. The van der Waals surface area contributed by atoms with Crippen LogP contribution in [0, 0.1) is 0 Å². The Morgan fingerprint density at radius 3 is 1.83 bits per heavy atom. The quantitative estimate of drug-likeness (QED) is 0.378. The van der Waals surface area contributed by atoms with Gasteiger partial charge in [-0.25, -0.2) is 0 Å². The molecule has 23 heavy (non-hydrogen) atoms. The summed E-state index contributed by atoms with van der Waals surface area (Å²) in [5, 5.41) is 0. The Balaban J connectivity index is 1.67. The fourth-order valence-corrected chi connectivity index (χ4v) is 2.39. The minimum atomic E-state index is 0.949. The number of halogens is 1. The molecule has 0 amide bonds. The van der Waals surface area contributed by atoms with Crippen molar-refractivity contribution < 1.29 is 0 Å². The highest BCUT2D eigenvalue weighted by Gasteiger charge is 1.92. The topological polar surface area (TPSA) is 12.4 Å². The third-order valence-electron chi connectivity index (χ3n) is 3.39. The lowest BCUT2D eigenvalue weighted by Crippen LogP contribution is -1.79. The summed E-state index contributed by atoms with van der Waals surface area (Å²) in [4.78, 5) is 4.50. The van der Waals surface area contributed by atoms with Crippen LogP contribution in [0.2, 0.25) is 0 Å². The predicted octanol–water partition coefficient (Wildman–Crippen LogP) is 6.37. The molecule has 0 aliphatic rings. The fraction of sp³-hybridized carbons (Fsp3) is 0. The normalized spacial score (nSPS) is 11.3. The Morgan fingerprint density at radius 1 is 0.609 bits per heavy atom. The van der Waals surface area contributed by atoms with Crippen LogP contribution in [0.15, 0.2) is 88.3 Å². The first-order chi connectivity index (χ1) is 11.3. The van der Waals surface area contributed by atoms with Crippen molar-refractivity contribution in [3.8, 4) is 0 Å². The van der Waals surface area contributed by atoms with Crippen LogP contribution in [-0.4, -0.2) is 6.21 Å². The molecule has 3 aromatic rings. The van der Waals surface area contributed by atoms with Gasteiger partial charge in [0.2, 0.25) is 0 Å². The van der Waals surface area contributed by atoms with E-state index in [4.69, 9.17) is 0 Å². The molecule has 0 fully saturated rings. The van der Waals surface area contributed by atoms with E-state index in [-0.39, 0.29) is 0 Å². The molecule has 0 aromatic heterocycles. The van der Waals surface area contributed by atoms with Gasteiger partial charge in [-0.05, 0) is 41.0 Å². The van der Waals surface area contributed by atoms with Gasteiger partial charge in [0, 0.05) is 10.7 Å². The second kappa shape index (κ2) is 7.70. The van der Waals surface area contributed by atoms with Crippen LogP contribution < -0.4 is 0 Å². The number of nitrogens with zero attached hydrogens (tertiary/aromatic N) is 1. The van der Waals surface area contributed by atoms with E-state index in [1.807, 2.05) is 60.8 Å². The first-order valence-corrected chi connectivity index (χ1v) is 8.22. The van der Waals surface area contributed by atoms with Crippen LogP contribution in [0.4, 0.5) is 5.69 Å². The van der Waals surface area contributed by atoms with E-state index < -0.39 is 0 Å². The molecule has 0 aliphatic heterocycles. The molecule has 0 saturated carbocycles. The maximum absolute atomic E-state index is 4.50. The monoisotopic (exact) mass is 361 g/mol. The van der Waals surface area contributed by atoms with Crippen molar-refractivity contribution in [2.45, 2.75) is 0 Å². The van der Waals surface area contributed by atoms with Crippen LogP contribution in [0.5, 0.6) is 0 Å². The van der Waals surface area contributed by atoms with Crippen molar-refractivity contribution in [3.05, 3.63) is 100 Å². The molecule has 112 valence electrons. The van der Waals surface area contributed by atoms with Gasteiger partial charge in [0.05, 0.1) is 5.69 Å². The van der Waals surface area contributed by atoms with Gasteiger partial charge < -0.3 is 0 Å². The van der Waals surface area contributed by atoms with Crippen LogP contribution >= 0.6 is 15.9 Å². The van der Waals surface area contributed by atoms with Crippen molar-refractivity contribution in [1.29, 1.82) is 0 Å². The Hall–Kier alpha value is -2.45. The molecule has 0 radical (unpaired) electrons. The van der Waals surface area contributed by atoms with E-state index in [0.717, 1.165) is 21.3 Å². The lowest BCUT2D eigenvalue weighted by Gasteiger charge is -1.97. The van der Waals surface area contributed by atoms with Crippen molar-refractivity contribution in [2.75, 3.05) is 0 Å². The molecule has 3 aromatic carbocycles. The summed E-state index contributed by atoms with van der Waals surface area (Å²) in [6.07, 6.45) is 6.10. The molecule has 0 atom stereocenters. The van der Waals surface area contributed by atoms with Gasteiger partial charge in [-0.1, -0.05) is 82.7 Å². The second-order valence-electron chi connectivity index (χ2n) is 5.15. The molecule has 0 saturated heterocycles. The van der Waals surface area contributed by atoms with Gasteiger partial charge in [-0.3, -0.25) is 4.99 Å². The van der Waals surface area contributed by atoms with Crippen molar-refractivity contribution in [2.24, 2.45) is 4.99 Å². The maximum atomic E-state index is 4.50. The highest BCUT2D eigenvalue weighted by Crippen LogP contribution is 2.16. The summed E-state index contributed by atoms with van der Waals surface area (Å²) in [6, 6.07) is 26.6. The number of hydrogen-bond acceptors (Lipinski definition) is 1. The van der Waals surface area contributed by atoms with E-state index in [0.29, 0.717) is 0 Å². The third-order valence-corrected chi connectivity index (χ3v) is 3.92. The number of rotatable bonds is 4. The van der Waals surface area contributed by atoms with Crippen LogP contribution in [0.3, 0.4) is 0 Å². The zero-order valence-electron chi connectivity index (χ0n) is 12.6. The summed E-state index contributed by atoms with van der Waals surface area (Å²) in [5.74, 6) is 0. The molecular formula is C21H16BrN. The average molecular weight is 362 g/mol. The van der Waals surface area contributed by atoms with E-state index in [1.165, 1.54) is 5.56 Å². The van der Waals surface area contributed by atoms with Gasteiger partial charge in [0.15, 0.2) is 0 Å². The lowest BCUT2D eigenvalue weighted by molar-refractivity contribution is 1.51. The molecule has 2 heteroatoms. The Labute approximate surface area is 145 Å². The smallest absolute Gasteiger partial charge is 0.0630 e. The maximum Gasteiger partial charge on any atom is 0.0630 e. The van der Waals surface area contributed by atoms with E-state index >= 15 is 0 Å². The summed E-state index contributed by atoms with van der Waals surface area (Å²) in [5.41, 5.74) is 4.40. The molecule has 0 unspecified atom stereocenters.